The summed E-state index contributed by atoms with van der Waals surface area (Å²) < 4.78 is 5.30. The summed E-state index contributed by atoms with van der Waals surface area (Å²) in [5.41, 5.74) is 1.13. The van der Waals surface area contributed by atoms with Crippen LogP contribution in [0.2, 0.25) is 5.02 Å². The third-order valence-corrected chi connectivity index (χ3v) is 3.20. The molecule has 1 unspecified atom stereocenters. The Labute approximate surface area is 104 Å². The van der Waals surface area contributed by atoms with Crippen LogP contribution in [0.1, 0.15) is 18.9 Å². The molecule has 0 N–H and O–H groups in total. The van der Waals surface area contributed by atoms with Crippen LogP contribution >= 0.6 is 27.5 Å². The Hall–Kier alpha value is -0.120. The number of nitrogens with zero attached hydrogens (tertiary/aromatic N) is 1. The van der Waals surface area contributed by atoms with Gasteiger partial charge < -0.3 is 4.74 Å². The Bertz CT molecular complexity index is 296. The number of rotatable bonds is 6. The first-order chi connectivity index (χ1) is 7.24. The zero-order valence-corrected chi connectivity index (χ0v) is 11.1. The van der Waals surface area contributed by atoms with Crippen molar-refractivity contribution in [1.82, 2.24) is 4.98 Å². The number of alkyl halides is 1. The van der Waals surface area contributed by atoms with E-state index in [0.717, 1.165) is 36.6 Å². The van der Waals surface area contributed by atoms with Gasteiger partial charge in [0.1, 0.15) is 0 Å². The minimum absolute atomic E-state index is 0.406. The molecule has 4 heteroatoms. The van der Waals surface area contributed by atoms with Crippen LogP contribution in [0, 0.1) is 0 Å². The van der Waals surface area contributed by atoms with Crippen LogP contribution in [0.3, 0.4) is 0 Å². The zero-order chi connectivity index (χ0) is 11.1. The molecule has 0 spiro atoms. The van der Waals surface area contributed by atoms with Crippen molar-refractivity contribution in [3.05, 3.63) is 29.0 Å². The number of pyridine rings is 1. The van der Waals surface area contributed by atoms with Crippen LogP contribution in [0.5, 0.6) is 0 Å². The smallest absolute Gasteiger partial charge is 0.0621 e. The fourth-order valence-electron chi connectivity index (χ4n) is 1.27. The molecule has 0 aliphatic carbocycles. The lowest BCUT2D eigenvalue weighted by atomic mass is 10.1. The summed E-state index contributed by atoms with van der Waals surface area (Å²) in [6.07, 6.45) is 5.35. The van der Waals surface area contributed by atoms with E-state index in [-0.39, 0.29) is 0 Å². The number of hydrogen-bond acceptors (Lipinski definition) is 2. The zero-order valence-electron chi connectivity index (χ0n) is 8.75. The molecular weight excluding hydrogens is 277 g/mol. The van der Waals surface area contributed by atoms with Gasteiger partial charge in [0, 0.05) is 30.4 Å². The van der Waals surface area contributed by atoms with Gasteiger partial charge in [-0.2, -0.15) is 0 Å². The van der Waals surface area contributed by atoms with Crippen molar-refractivity contribution < 1.29 is 4.74 Å². The first-order valence-corrected chi connectivity index (χ1v) is 6.33. The molecule has 0 radical (unpaired) electrons. The van der Waals surface area contributed by atoms with Gasteiger partial charge in [-0.25, -0.2) is 0 Å². The second-order valence-corrected chi connectivity index (χ2v) is 4.96. The molecule has 1 rings (SSSR count). The van der Waals surface area contributed by atoms with Crippen LogP contribution in [0.25, 0.3) is 0 Å². The van der Waals surface area contributed by atoms with Gasteiger partial charge in [0.2, 0.25) is 0 Å². The molecule has 1 atom stereocenters. The fraction of sp³-hybridized carbons (Fsp3) is 0.545. The van der Waals surface area contributed by atoms with Crippen LogP contribution in [-0.2, 0) is 11.2 Å². The Morgan fingerprint density at radius 1 is 1.60 bits per heavy atom. The van der Waals surface area contributed by atoms with Gasteiger partial charge in [0.05, 0.1) is 5.02 Å². The molecule has 0 aliphatic heterocycles. The van der Waals surface area contributed by atoms with Crippen molar-refractivity contribution in [3.63, 3.8) is 0 Å². The van der Waals surface area contributed by atoms with E-state index >= 15 is 0 Å². The number of ether oxygens (including phenoxy) is 1. The van der Waals surface area contributed by atoms with E-state index in [0.29, 0.717) is 4.83 Å². The molecule has 0 amide bonds. The maximum absolute atomic E-state index is 6.02. The molecule has 2 nitrogen and oxygen atoms in total. The fourth-order valence-corrected chi connectivity index (χ4v) is 2.00. The molecular formula is C11H15BrClNO. The lowest BCUT2D eigenvalue weighted by Gasteiger charge is -2.10. The van der Waals surface area contributed by atoms with Crippen LogP contribution in [0.4, 0.5) is 0 Å². The highest BCUT2D eigenvalue weighted by atomic mass is 79.9. The van der Waals surface area contributed by atoms with E-state index in [4.69, 9.17) is 16.3 Å². The second-order valence-electron chi connectivity index (χ2n) is 3.25. The Balaban J connectivity index is 2.37. The quantitative estimate of drug-likeness (QED) is 0.592. The summed E-state index contributed by atoms with van der Waals surface area (Å²) in [4.78, 5) is 4.36. The van der Waals surface area contributed by atoms with Crippen LogP contribution in [-0.4, -0.2) is 23.0 Å². The van der Waals surface area contributed by atoms with Crippen molar-refractivity contribution in [1.29, 1.82) is 0 Å². The summed E-state index contributed by atoms with van der Waals surface area (Å²) in [6.45, 7) is 3.56. The molecule has 0 aliphatic rings. The topological polar surface area (TPSA) is 22.1 Å². The third kappa shape index (κ3) is 4.96. The third-order valence-electron chi connectivity index (χ3n) is 2.08. The van der Waals surface area contributed by atoms with Gasteiger partial charge in [0.25, 0.3) is 0 Å². The Morgan fingerprint density at radius 2 is 2.40 bits per heavy atom. The lowest BCUT2D eigenvalue weighted by molar-refractivity contribution is 0.145. The minimum Gasteiger partial charge on any atom is -0.382 e. The number of aromatic nitrogens is 1. The molecule has 0 saturated heterocycles. The van der Waals surface area contributed by atoms with E-state index < -0.39 is 0 Å². The summed E-state index contributed by atoms with van der Waals surface area (Å²) in [6, 6.07) is 1.96. The highest BCUT2D eigenvalue weighted by molar-refractivity contribution is 9.09. The largest absolute Gasteiger partial charge is 0.382 e. The predicted octanol–water partition coefficient (Wildman–Crippen LogP) is 3.47. The van der Waals surface area contributed by atoms with Crippen molar-refractivity contribution in [2.45, 2.75) is 24.6 Å². The Morgan fingerprint density at radius 3 is 3.07 bits per heavy atom. The van der Waals surface area contributed by atoms with Crippen molar-refractivity contribution in [3.8, 4) is 0 Å². The average Bonchev–Trinajstić information content (AvgIpc) is 2.22. The number of halogens is 2. The van der Waals surface area contributed by atoms with Crippen molar-refractivity contribution in [2.75, 3.05) is 13.2 Å². The minimum atomic E-state index is 0.406. The molecule has 0 bridgehead atoms. The maximum Gasteiger partial charge on any atom is 0.0621 e. The van der Waals surface area contributed by atoms with Gasteiger partial charge in [-0.05, 0) is 31.4 Å². The molecule has 0 saturated carbocycles. The SMILES string of the molecule is CCOCCC(Br)Cc1ccncc1Cl. The summed E-state index contributed by atoms with van der Waals surface area (Å²) in [5, 5.41) is 0.735. The van der Waals surface area contributed by atoms with E-state index in [9.17, 15) is 0 Å². The summed E-state index contributed by atoms with van der Waals surface area (Å²) in [5.74, 6) is 0. The van der Waals surface area contributed by atoms with Gasteiger partial charge in [-0.3, -0.25) is 4.98 Å². The molecule has 1 aromatic heterocycles. The monoisotopic (exact) mass is 291 g/mol. The summed E-state index contributed by atoms with van der Waals surface area (Å²) >= 11 is 9.63. The molecule has 15 heavy (non-hydrogen) atoms. The van der Waals surface area contributed by atoms with E-state index in [1.165, 1.54) is 0 Å². The van der Waals surface area contributed by atoms with Crippen molar-refractivity contribution in [2.24, 2.45) is 0 Å². The second kappa shape index (κ2) is 7.20. The first-order valence-electron chi connectivity index (χ1n) is 5.04. The van der Waals surface area contributed by atoms with Crippen molar-refractivity contribution >= 4 is 27.5 Å². The first kappa shape index (κ1) is 12.9. The van der Waals surface area contributed by atoms with E-state index in [1.807, 2.05) is 13.0 Å². The van der Waals surface area contributed by atoms with Gasteiger partial charge in [-0.15, -0.1) is 0 Å². The van der Waals surface area contributed by atoms with E-state index in [1.54, 1.807) is 12.4 Å². The average molecular weight is 293 g/mol. The Kier molecular flexibility index (Phi) is 6.22. The molecule has 1 aromatic rings. The predicted molar refractivity (Wildman–Crippen MR) is 66.8 cm³/mol. The lowest BCUT2D eigenvalue weighted by Crippen LogP contribution is -2.07. The molecule has 1 heterocycles. The molecule has 0 aromatic carbocycles. The van der Waals surface area contributed by atoms with Gasteiger partial charge >= 0.3 is 0 Å². The van der Waals surface area contributed by atoms with Crippen LogP contribution < -0.4 is 0 Å². The van der Waals surface area contributed by atoms with E-state index in [2.05, 4.69) is 20.9 Å². The van der Waals surface area contributed by atoms with Gasteiger partial charge in [0.15, 0.2) is 0 Å². The highest BCUT2D eigenvalue weighted by Gasteiger charge is 2.08. The highest BCUT2D eigenvalue weighted by Crippen LogP contribution is 2.19. The van der Waals surface area contributed by atoms with Gasteiger partial charge in [-0.1, -0.05) is 27.5 Å². The van der Waals surface area contributed by atoms with Crippen LogP contribution in [0.15, 0.2) is 18.5 Å². The molecule has 84 valence electrons. The summed E-state index contributed by atoms with van der Waals surface area (Å²) in [7, 11) is 0. The molecule has 0 fully saturated rings. The normalized spacial score (nSPS) is 12.7. The number of hydrogen-bond donors (Lipinski definition) is 0. The standard InChI is InChI=1S/C11H15BrClNO/c1-2-15-6-4-10(12)7-9-3-5-14-8-11(9)13/h3,5,8,10H,2,4,6-7H2,1H3. The maximum atomic E-state index is 6.02.